The van der Waals surface area contributed by atoms with Gasteiger partial charge in [0.25, 0.3) is 0 Å². The van der Waals surface area contributed by atoms with Gasteiger partial charge >= 0.3 is 33.0 Å². The summed E-state index contributed by atoms with van der Waals surface area (Å²) in [5.41, 5.74) is 6.10. The summed E-state index contributed by atoms with van der Waals surface area (Å²) in [6.45, 7) is 12.3. The van der Waals surface area contributed by atoms with Gasteiger partial charge in [0.05, 0.1) is 135 Å². The summed E-state index contributed by atoms with van der Waals surface area (Å²) in [6, 6.07) is 43.6. The molecule has 18 nitrogen and oxygen atoms in total. The fraction of sp³-hybridized carbons (Fsp3) is 0.417. The first-order valence-electron chi connectivity index (χ1n) is 27.8. The van der Waals surface area contributed by atoms with Gasteiger partial charge in [-0.25, -0.2) is 0 Å². The van der Waals surface area contributed by atoms with Gasteiger partial charge in [-0.1, -0.05) is 42.5 Å². The molecule has 85 heavy (non-hydrogen) atoms. The first-order valence-corrected chi connectivity index (χ1v) is 29.8. The van der Waals surface area contributed by atoms with E-state index < -0.39 is 7.81 Å². The quantitative estimate of drug-likeness (QED) is 0.104. The van der Waals surface area contributed by atoms with E-state index in [1.54, 1.807) is 7.11 Å². The van der Waals surface area contributed by atoms with Crippen molar-refractivity contribution in [2.24, 2.45) is 0 Å². The largest absolute Gasteiger partial charge is 0.489 e. The van der Waals surface area contributed by atoms with Gasteiger partial charge in [0.15, 0.2) is 23.0 Å². The minimum absolute atomic E-state index is 0.403. The normalized spacial score (nSPS) is 17.5. The second-order valence-corrected chi connectivity index (χ2v) is 20.3. The number of aromatic nitrogens is 1. The van der Waals surface area contributed by atoms with E-state index in [9.17, 15) is 25.2 Å². The third-order valence-corrected chi connectivity index (χ3v) is 11.7. The molecule has 10 rings (SSSR count). The number of fused-ring (bicyclic) bond motifs is 6. The number of benzene rings is 5. The van der Waals surface area contributed by atoms with E-state index >= 15 is 0 Å². The minimum atomic E-state index is -10.7. The van der Waals surface area contributed by atoms with Crippen LogP contribution in [0.5, 0.6) is 40.2 Å². The summed E-state index contributed by atoms with van der Waals surface area (Å²) in [5.74, 6) is 5.14. The van der Waals surface area contributed by atoms with Gasteiger partial charge in [-0.3, -0.25) is 4.98 Å². The molecule has 4 aliphatic rings. The molecule has 4 aliphatic heterocycles. The van der Waals surface area contributed by atoms with Gasteiger partial charge in [-0.15, -0.1) is 0 Å². The molecule has 25 heteroatoms. The fourth-order valence-electron chi connectivity index (χ4n) is 7.81. The Kier molecular flexibility index (Phi) is 28.7. The Labute approximate surface area is 491 Å². The van der Waals surface area contributed by atoms with Crippen molar-refractivity contribution in [1.29, 1.82) is 0 Å². The summed E-state index contributed by atoms with van der Waals surface area (Å²) in [7, 11) is -9.01. The van der Waals surface area contributed by atoms with Gasteiger partial charge in [0.1, 0.15) is 70.0 Å². The maximum Gasteiger partial charge on any atom is 0.142 e. The molecular weight excluding hydrogens is 1150 g/mol. The van der Waals surface area contributed by atoms with Gasteiger partial charge < -0.3 is 82.3 Å². The number of rotatable bonds is 1. The molecule has 6 bridgehead atoms. The van der Waals surface area contributed by atoms with Gasteiger partial charge in [-0.05, 0) is 91.0 Å². The Morgan fingerprint density at radius 1 is 0.376 bits per heavy atom. The van der Waals surface area contributed by atoms with Crippen LogP contribution in [0.25, 0.3) is 0 Å². The topological polar surface area (TPSA) is 183 Å². The summed E-state index contributed by atoms with van der Waals surface area (Å²) >= 11 is 0. The zero-order valence-electron chi connectivity index (χ0n) is 47.6. The Morgan fingerprint density at radius 3 is 1.14 bits per heavy atom. The Balaban J connectivity index is 0.000000248. The first kappa shape index (κ1) is 67.3. The van der Waals surface area contributed by atoms with Crippen molar-refractivity contribution in [2.75, 3.05) is 150 Å². The van der Waals surface area contributed by atoms with E-state index in [-0.39, 0.29) is 0 Å². The maximum atomic E-state index is 9.87. The second kappa shape index (κ2) is 36.2. The number of hydrogen-bond donors (Lipinski definition) is 3. The zero-order valence-corrected chi connectivity index (χ0v) is 48.5. The van der Waals surface area contributed by atoms with Crippen LogP contribution in [0.3, 0.4) is 0 Å². The minimum Gasteiger partial charge on any atom is -0.489 e. The van der Waals surface area contributed by atoms with Crippen molar-refractivity contribution < 1.29 is 96.8 Å². The van der Waals surface area contributed by atoms with E-state index in [0.29, 0.717) is 168 Å². The molecule has 0 spiro atoms. The van der Waals surface area contributed by atoms with Crippen LogP contribution in [0.2, 0.25) is 0 Å². The van der Waals surface area contributed by atoms with Crippen LogP contribution in [0, 0.1) is 0 Å². The average Bonchev–Trinajstić information content (AvgIpc) is 3.69. The van der Waals surface area contributed by atoms with Crippen molar-refractivity contribution in [3.8, 4) is 40.2 Å². The number of hydrogen-bond acceptors (Lipinski definition) is 17. The first-order chi connectivity index (χ1) is 41.1. The predicted octanol–water partition coefficient (Wildman–Crippen LogP) is 10.8. The maximum absolute atomic E-state index is 10.7. The number of ether oxygens (including phenoxy) is 14. The zero-order chi connectivity index (χ0) is 60.2. The monoisotopic (exact) mass is 1220 g/mol. The number of para-hydroxylation sites is 6. The van der Waals surface area contributed by atoms with Gasteiger partial charge in [0, 0.05) is 11.1 Å². The molecule has 0 saturated heterocycles. The van der Waals surface area contributed by atoms with Gasteiger partial charge in [0.2, 0.25) is 0 Å². The third-order valence-electron chi connectivity index (χ3n) is 11.7. The Morgan fingerprint density at radius 2 is 0.718 bits per heavy atom. The van der Waals surface area contributed by atoms with E-state index in [2.05, 4.69) is 34.1 Å². The number of nitrogens with two attached hydrogens (primary N) is 1. The summed E-state index contributed by atoms with van der Waals surface area (Å²) in [6.07, 6.45) is 0. The number of nitrogens with one attached hydrogen (secondary N) is 2. The predicted molar refractivity (Wildman–Crippen MR) is 309 cm³/mol. The molecule has 0 fully saturated rings. The second-order valence-electron chi connectivity index (χ2n) is 18.4. The summed E-state index contributed by atoms with van der Waals surface area (Å²) in [5, 5.41) is 9.12. The number of nitrogens with zero attached hydrogens (tertiary/aromatic N) is 1. The number of halogens is 6. The number of anilines is 2. The van der Waals surface area contributed by atoms with Crippen LogP contribution in [-0.2, 0) is 59.3 Å². The van der Waals surface area contributed by atoms with Crippen molar-refractivity contribution in [2.45, 2.75) is 26.2 Å². The Hall–Kier alpha value is -6.86. The van der Waals surface area contributed by atoms with Crippen LogP contribution >= 0.6 is 7.81 Å². The molecular formula is C60H77F6N4O14P. The van der Waals surface area contributed by atoms with Crippen molar-refractivity contribution in [3.05, 3.63) is 156 Å². The van der Waals surface area contributed by atoms with Crippen molar-refractivity contribution >= 4 is 19.2 Å². The number of pyridine rings is 1. The number of quaternary nitrogens is 1. The van der Waals surface area contributed by atoms with Gasteiger partial charge in [-0.2, -0.15) is 0 Å². The molecule has 0 unspecified atom stereocenters. The molecule has 468 valence electrons. The molecule has 0 amide bonds. The van der Waals surface area contributed by atoms with E-state index in [1.807, 2.05) is 115 Å². The standard InChI is InChI=1S/C33H43NO9.C27H33N3O5.F6P/c1-35-33-24-28-8-11-32(33)43-23-19-39-15-14-38-18-22-42-31-5-3-2-4-30(31)41-21-17-37-13-12-36-16-20-40-29-9-6-27(7-10-29)25-34-26-28;1-3-10-26-24(8-1)28-20-22-6-5-7-23(30-22)21-29-25-9-2-4-11-27(25)35-19-17-33-15-13-31-12-14-32-16-18-34-26;1-7(2,3,4,5)6/h2-11,24,34H,12-23,25-26H2,1H3;1-11,28-29H,12-21H2;/q;;-1/p+1. The molecule has 6 aromatic rings. The van der Waals surface area contributed by atoms with Crippen LogP contribution in [-0.4, -0.2) is 144 Å². The van der Waals surface area contributed by atoms with Crippen LogP contribution in [0.15, 0.2) is 133 Å². The van der Waals surface area contributed by atoms with E-state index in [4.69, 9.17) is 71.3 Å². The summed E-state index contributed by atoms with van der Waals surface area (Å²) < 4.78 is 139. The van der Waals surface area contributed by atoms with Crippen LogP contribution < -0.4 is 49.1 Å². The molecule has 1 aromatic heterocycles. The van der Waals surface area contributed by atoms with Crippen LogP contribution in [0.4, 0.5) is 36.6 Å². The molecule has 0 atom stereocenters. The van der Waals surface area contributed by atoms with E-state index in [0.717, 1.165) is 58.7 Å². The molecule has 5 heterocycles. The van der Waals surface area contributed by atoms with E-state index in [1.165, 1.54) is 5.56 Å². The molecule has 4 N–H and O–H groups in total. The SMILES string of the molecule is COc1cc2ccc1OCCOCCOCCOc1ccccc1OCCOCCOCCOc1ccc(cc1)C[NH2+]C2.F[P-](F)(F)(F)(F)F.c1cc2nc(c1)CNc1ccccc1OCCOCCOCCOCCOc1ccccc1NC2. The smallest absolute Gasteiger partial charge is 0.142 e. The van der Waals surface area contributed by atoms with Crippen LogP contribution in [0.1, 0.15) is 22.5 Å². The van der Waals surface area contributed by atoms with Crippen molar-refractivity contribution in [1.82, 2.24) is 4.98 Å². The fourth-order valence-corrected chi connectivity index (χ4v) is 7.81. The molecule has 0 radical (unpaired) electrons. The van der Waals surface area contributed by atoms with Crippen molar-refractivity contribution in [3.63, 3.8) is 0 Å². The average molecular weight is 1220 g/mol. The molecule has 5 aromatic carbocycles. The number of methoxy groups -OCH3 is 1. The molecule has 0 aliphatic carbocycles. The Bertz CT molecular complexity index is 2730. The third kappa shape index (κ3) is 30.7. The summed E-state index contributed by atoms with van der Waals surface area (Å²) in [4.78, 5) is 4.79. The molecule has 0 saturated carbocycles.